The first-order chi connectivity index (χ1) is 8.08. The third kappa shape index (κ3) is 4.02. The normalized spacial score (nSPS) is 10.7. The summed E-state index contributed by atoms with van der Waals surface area (Å²) in [7, 11) is 3.17. The Balaban J connectivity index is 3.03. The lowest BCUT2D eigenvalue weighted by Gasteiger charge is -2.15. The number of hydrogen-bond donors (Lipinski definition) is 1. The van der Waals surface area contributed by atoms with Crippen LogP contribution < -0.4 is 14.8 Å². The molecule has 0 heterocycles. The Labute approximate surface area is 104 Å². The first-order valence-corrected chi connectivity index (χ1v) is 5.38. The zero-order valence-electron chi connectivity index (χ0n) is 9.60. The van der Waals surface area contributed by atoms with Gasteiger partial charge in [0.15, 0.2) is 11.5 Å². The highest BCUT2D eigenvalue weighted by molar-refractivity contribution is 6.30. The van der Waals surface area contributed by atoms with Gasteiger partial charge in [0.05, 0.1) is 7.11 Å². The summed E-state index contributed by atoms with van der Waals surface area (Å²) in [6, 6.07) is 3.18. The van der Waals surface area contributed by atoms with Crippen molar-refractivity contribution in [1.82, 2.24) is 5.32 Å². The Morgan fingerprint density at radius 3 is 2.65 bits per heavy atom. The second-order valence-electron chi connectivity index (χ2n) is 3.33. The Morgan fingerprint density at radius 1 is 1.41 bits per heavy atom. The minimum atomic E-state index is -2.53. The molecule has 17 heavy (non-hydrogen) atoms. The fourth-order valence-electron chi connectivity index (χ4n) is 1.41. The maximum atomic E-state index is 12.1. The maximum Gasteiger partial charge on any atom is 0.272 e. The van der Waals surface area contributed by atoms with E-state index in [9.17, 15) is 8.78 Å². The van der Waals surface area contributed by atoms with E-state index in [1.54, 1.807) is 13.1 Å². The smallest absolute Gasteiger partial charge is 0.272 e. The molecule has 0 aromatic heterocycles. The lowest BCUT2D eigenvalue weighted by molar-refractivity contribution is 0.0799. The zero-order chi connectivity index (χ0) is 12.8. The molecule has 3 nitrogen and oxygen atoms in total. The average molecular weight is 266 g/mol. The monoisotopic (exact) mass is 265 g/mol. The van der Waals surface area contributed by atoms with Crippen LogP contribution in [0.4, 0.5) is 8.78 Å². The Kier molecular flexibility index (Phi) is 5.44. The molecule has 0 unspecified atom stereocenters. The van der Waals surface area contributed by atoms with Crippen molar-refractivity contribution < 1.29 is 18.3 Å². The van der Waals surface area contributed by atoms with Gasteiger partial charge in [0, 0.05) is 23.2 Å². The molecule has 0 aliphatic carbocycles. The van der Waals surface area contributed by atoms with E-state index >= 15 is 0 Å². The Bertz CT molecular complexity index is 375. The molecule has 1 N–H and O–H groups in total. The molecule has 6 heteroatoms. The molecule has 0 fully saturated rings. The summed E-state index contributed by atoms with van der Waals surface area (Å²) in [6.07, 6.45) is -2.53. The van der Waals surface area contributed by atoms with Crippen molar-refractivity contribution in [3.63, 3.8) is 0 Å². The van der Waals surface area contributed by atoms with E-state index in [-0.39, 0.29) is 0 Å². The highest BCUT2D eigenvalue weighted by Crippen LogP contribution is 2.34. The molecular formula is C11H14ClF2NO2. The summed E-state index contributed by atoms with van der Waals surface area (Å²) in [5, 5.41) is 3.38. The minimum Gasteiger partial charge on any atom is -0.493 e. The fourth-order valence-corrected chi connectivity index (χ4v) is 1.64. The number of methoxy groups -OCH3 is 1. The molecule has 96 valence electrons. The topological polar surface area (TPSA) is 30.5 Å². The van der Waals surface area contributed by atoms with Crippen LogP contribution >= 0.6 is 11.6 Å². The first kappa shape index (κ1) is 14.0. The maximum absolute atomic E-state index is 12.1. The van der Waals surface area contributed by atoms with Crippen molar-refractivity contribution in [3.8, 4) is 11.5 Å². The molecule has 0 radical (unpaired) electrons. The number of alkyl halides is 2. The van der Waals surface area contributed by atoms with Gasteiger partial charge in [-0.1, -0.05) is 11.6 Å². The summed E-state index contributed by atoms with van der Waals surface area (Å²) in [4.78, 5) is 0. The van der Waals surface area contributed by atoms with Gasteiger partial charge in [-0.2, -0.15) is 0 Å². The van der Waals surface area contributed by atoms with Crippen LogP contribution in [0.15, 0.2) is 12.1 Å². The lowest BCUT2D eigenvalue weighted by atomic mass is 10.2. The molecule has 0 saturated heterocycles. The molecule has 1 aromatic rings. The predicted octanol–water partition coefficient (Wildman–Crippen LogP) is 2.71. The average Bonchev–Trinajstić information content (AvgIpc) is 2.27. The van der Waals surface area contributed by atoms with E-state index in [1.165, 1.54) is 13.2 Å². The number of hydrogen-bond acceptors (Lipinski definition) is 3. The summed E-state index contributed by atoms with van der Waals surface area (Å²) in [6.45, 7) is -0.218. The highest BCUT2D eigenvalue weighted by atomic mass is 35.5. The van der Waals surface area contributed by atoms with Crippen LogP contribution in [-0.2, 0) is 6.54 Å². The van der Waals surface area contributed by atoms with Crippen LogP contribution in [0.3, 0.4) is 0 Å². The van der Waals surface area contributed by atoms with Crippen LogP contribution in [0.25, 0.3) is 0 Å². The van der Waals surface area contributed by atoms with Crippen LogP contribution in [0.5, 0.6) is 11.5 Å². The van der Waals surface area contributed by atoms with Gasteiger partial charge in [0.2, 0.25) is 0 Å². The molecule has 0 aliphatic rings. The van der Waals surface area contributed by atoms with E-state index in [4.69, 9.17) is 21.1 Å². The Hall–Kier alpha value is -1.07. The SMILES string of the molecule is CNCc1cc(Cl)cc(OC)c1OCC(F)F. The van der Waals surface area contributed by atoms with Gasteiger partial charge in [-0.3, -0.25) is 0 Å². The molecule has 0 atom stereocenters. The molecule has 0 saturated carbocycles. The number of benzene rings is 1. The van der Waals surface area contributed by atoms with Crippen LogP contribution in [-0.4, -0.2) is 27.2 Å². The molecule has 0 aliphatic heterocycles. The number of nitrogens with one attached hydrogen (secondary N) is 1. The first-order valence-electron chi connectivity index (χ1n) is 5.00. The standard InChI is InChI=1S/C11H14ClF2NO2/c1-15-5-7-3-8(12)4-9(16-2)11(7)17-6-10(13)14/h3-4,10,15H,5-6H2,1-2H3. The van der Waals surface area contributed by atoms with Crippen molar-refractivity contribution in [2.75, 3.05) is 20.8 Å². The largest absolute Gasteiger partial charge is 0.493 e. The molecular weight excluding hydrogens is 252 g/mol. The van der Waals surface area contributed by atoms with Crippen LogP contribution in [0, 0.1) is 0 Å². The van der Waals surface area contributed by atoms with E-state index in [1.807, 2.05) is 0 Å². The summed E-state index contributed by atoms with van der Waals surface area (Å²) >= 11 is 5.89. The third-order valence-electron chi connectivity index (χ3n) is 2.04. The number of rotatable bonds is 6. The third-order valence-corrected chi connectivity index (χ3v) is 2.26. The molecule has 0 bridgehead atoms. The van der Waals surface area contributed by atoms with E-state index in [0.29, 0.717) is 28.6 Å². The minimum absolute atomic E-state index is 0.298. The van der Waals surface area contributed by atoms with Gasteiger partial charge in [-0.05, 0) is 13.1 Å². The van der Waals surface area contributed by atoms with E-state index in [2.05, 4.69) is 5.32 Å². The fraction of sp³-hybridized carbons (Fsp3) is 0.455. The number of halogens is 3. The van der Waals surface area contributed by atoms with Gasteiger partial charge in [0.1, 0.15) is 6.61 Å². The molecule has 0 amide bonds. The second-order valence-corrected chi connectivity index (χ2v) is 3.77. The van der Waals surface area contributed by atoms with Gasteiger partial charge in [-0.25, -0.2) is 8.78 Å². The zero-order valence-corrected chi connectivity index (χ0v) is 10.4. The van der Waals surface area contributed by atoms with Gasteiger partial charge in [-0.15, -0.1) is 0 Å². The van der Waals surface area contributed by atoms with Crippen molar-refractivity contribution in [2.45, 2.75) is 13.0 Å². The van der Waals surface area contributed by atoms with Crippen LogP contribution in [0.2, 0.25) is 5.02 Å². The van der Waals surface area contributed by atoms with E-state index in [0.717, 1.165) is 0 Å². The van der Waals surface area contributed by atoms with E-state index < -0.39 is 13.0 Å². The highest BCUT2D eigenvalue weighted by Gasteiger charge is 2.14. The van der Waals surface area contributed by atoms with Crippen molar-refractivity contribution in [1.29, 1.82) is 0 Å². The summed E-state index contributed by atoms with van der Waals surface area (Å²) < 4.78 is 34.4. The van der Waals surface area contributed by atoms with Crippen LogP contribution in [0.1, 0.15) is 5.56 Å². The van der Waals surface area contributed by atoms with Crippen molar-refractivity contribution >= 4 is 11.6 Å². The molecule has 1 rings (SSSR count). The second kappa shape index (κ2) is 6.61. The van der Waals surface area contributed by atoms with Crippen molar-refractivity contribution in [2.24, 2.45) is 0 Å². The quantitative estimate of drug-likeness (QED) is 0.858. The van der Waals surface area contributed by atoms with Crippen molar-refractivity contribution in [3.05, 3.63) is 22.7 Å². The molecule has 0 spiro atoms. The van der Waals surface area contributed by atoms with Gasteiger partial charge >= 0.3 is 0 Å². The van der Waals surface area contributed by atoms with Gasteiger partial charge in [0.25, 0.3) is 6.43 Å². The number of ether oxygens (including phenoxy) is 2. The summed E-state index contributed by atoms with van der Waals surface area (Å²) in [5.41, 5.74) is 0.678. The predicted molar refractivity (Wildman–Crippen MR) is 62.3 cm³/mol. The van der Waals surface area contributed by atoms with Gasteiger partial charge < -0.3 is 14.8 Å². The lowest BCUT2D eigenvalue weighted by Crippen LogP contribution is -2.12. The Morgan fingerprint density at radius 2 is 2.12 bits per heavy atom. The molecule has 1 aromatic carbocycles. The summed E-state index contributed by atoms with van der Waals surface area (Å²) in [5.74, 6) is 0.648.